The number of hydrogen-bond donors (Lipinski definition) is 1. The van der Waals surface area contributed by atoms with E-state index in [9.17, 15) is 14.4 Å². The Labute approximate surface area is 174 Å². The average Bonchev–Trinajstić information content (AvgIpc) is 2.92. The number of nitrogens with one attached hydrogen (secondary N) is 1. The number of halogens is 1. The van der Waals surface area contributed by atoms with Crippen molar-refractivity contribution >= 4 is 40.8 Å². The summed E-state index contributed by atoms with van der Waals surface area (Å²) >= 11 is 6.21. The molecule has 0 atom stereocenters. The molecule has 2 amide bonds. The quantitative estimate of drug-likeness (QED) is 0.565. The second-order valence-electron chi connectivity index (χ2n) is 6.66. The summed E-state index contributed by atoms with van der Waals surface area (Å²) in [6.45, 7) is 5.97. The molecule has 0 fully saturated rings. The average molecular weight is 413 g/mol. The highest BCUT2D eigenvalue weighted by Gasteiger charge is 2.40. The van der Waals surface area contributed by atoms with Gasteiger partial charge in [-0.25, -0.2) is 9.69 Å². The number of hydrogen-bond acceptors (Lipinski definition) is 5. The molecule has 1 aliphatic rings. The van der Waals surface area contributed by atoms with Crippen LogP contribution in [0, 0.1) is 13.8 Å². The monoisotopic (exact) mass is 412 g/mol. The number of para-hydroxylation sites is 1. The van der Waals surface area contributed by atoms with E-state index in [1.165, 1.54) is 12.1 Å². The number of carbonyl (C=O) groups excluding carboxylic acids is 3. The maximum absolute atomic E-state index is 13.1. The number of benzene rings is 2. The summed E-state index contributed by atoms with van der Waals surface area (Å²) in [5, 5.41) is 2.75. The summed E-state index contributed by atoms with van der Waals surface area (Å²) in [7, 11) is 0. The molecule has 1 aliphatic heterocycles. The van der Waals surface area contributed by atoms with Crippen molar-refractivity contribution in [2.45, 2.75) is 27.2 Å². The van der Waals surface area contributed by atoms with Gasteiger partial charge in [0.05, 0.1) is 17.9 Å². The number of amides is 2. The van der Waals surface area contributed by atoms with Crippen molar-refractivity contribution in [3.8, 4) is 0 Å². The van der Waals surface area contributed by atoms with E-state index in [1.807, 2.05) is 32.9 Å². The van der Waals surface area contributed by atoms with Crippen LogP contribution in [0.4, 0.5) is 11.4 Å². The molecule has 0 saturated heterocycles. The van der Waals surface area contributed by atoms with Gasteiger partial charge in [-0.1, -0.05) is 42.8 Å². The fourth-order valence-electron chi connectivity index (χ4n) is 2.97. The van der Waals surface area contributed by atoms with Gasteiger partial charge in [-0.2, -0.15) is 0 Å². The number of nitrogens with zero attached hydrogens (tertiary/aromatic N) is 1. The maximum atomic E-state index is 13.1. The van der Waals surface area contributed by atoms with Crippen LogP contribution < -0.4 is 10.2 Å². The van der Waals surface area contributed by atoms with E-state index in [1.54, 1.807) is 18.2 Å². The van der Waals surface area contributed by atoms with Gasteiger partial charge < -0.3 is 10.1 Å². The van der Waals surface area contributed by atoms with Gasteiger partial charge in [-0.15, -0.1) is 0 Å². The van der Waals surface area contributed by atoms with Crippen LogP contribution in [0.2, 0.25) is 0 Å². The van der Waals surface area contributed by atoms with E-state index < -0.39 is 17.8 Å². The second-order valence-corrected chi connectivity index (χ2v) is 7.04. The van der Waals surface area contributed by atoms with E-state index in [2.05, 4.69) is 5.32 Å². The number of aryl methyl sites for hydroxylation is 1. The van der Waals surface area contributed by atoms with Crippen molar-refractivity contribution in [2.75, 3.05) is 16.8 Å². The molecule has 0 radical (unpaired) electrons. The molecular weight excluding hydrogens is 392 g/mol. The molecule has 2 aromatic rings. The summed E-state index contributed by atoms with van der Waals surface area (Å²) in [4.78, 5) is 39.1. The minimum atomic E-state index is -0.694. The lowest BCUT2D eigenvalue weighted by Gasteiger charge is -2.18. The Morgan fingerprint density at radius 2 is 1.79 bits per heavy atom. The summed E-state index contributed by atoms with van der Waals surface area (Å²) < 4.78 is 5.18. The van der Waals surface area contributed by atoms with Crippen LogP contribution in [0.5, 0.6) is 0 Å². The molecule has 0 spiro atoms. The van der Waals surface area contributed by atoms with Crippen molar-refractivity contribution in [2.24, 2.45) is 0 Å². The summed E-state index contributed by atoms with van der Waals surface area (Å²) in [5.74, 6) is -1.92. The van der Waals surface area contributed by atoms with Gasteiger partial charge in [0.25, 0.3) is 11.8 Å². The van der Waals surface area contributed by atoms with Gasteiger partial charge in [0, 0.05) is 5.69 Å². The zero-order chi connectivity index (χ0) is 21.1. The summed E-state index contributed by atoms with van der Waals surface area (Å²) in [5.41, 5.74) is 2.88. The molecule has 0 aromatic heterocycles. The van der Waals surface area contributed by atoms with E-state index in [-0.39, 0.29) is 28.6 Å². The van der Waals surface area contributed by atoms with Crippen LogP contribution in [0.3, 0.4) is 0 Å². The SMILES string of the molecule is CCCOC(=O)c1ccccc1N1C(=O)C(Cl)=C(Nc2cccc(C)c2C)C1=O. The first kappa shape index (κ1) is 20.6. The normalized spacial score (nSPS) is 13.9. The Bertz CT molecular complexity index is 1030. The zero-order valence-corrected chi connectivity index (χ0v) is 17.2. The number of rotatable bonds is 6. The third kappa shape index (κ3) is 3.89. The van der Waals surface area contributed by atoms with Gasteiger partial charge in [-0.3, -0.25) is 9.59 Å². The van der Waals surface area contributed by atoms with Crippen LogP contribution in [0.25, 0.3) is 0 Å². The van der Waals surface area contributed by atoms with Crippen molar-refractivity contribution in [3.63, 3.8) is 0 Å². The van der Waals surface area contributed by atoms with E-state index in [0.29, 0.717) is 12.1 Å². The minimum Gasteiger partial charge on any atom is -0.462 e. The Kier molecular flexibility index (Phi) is 6.03. The van der Waals surface area contributed by atoms with Crippen LogP contribution in [0.1, 0.15) is 34.8 Å². The van der Waals surface area contributed by atoms with Crippen LogP contribution >= 0.6 is 11.6 Å². The molecule has 1 N–H and O–H groups in total. The number of imide groups is 1. The lowest BCUT2D eigenvalue weighted by molar-refractivity contribution is -0.120. The molecule has 0 aliphatic carbocycles. The van der Waals surface area contributed by atoms with Crippen LogP contribution in [-0.2, 0) is 14.3 Å². The first-order chi connectivity index (χ1) is 13.9. The smallest absolute Gasteiger partial charge is 0.340 e. The zero-order valence-electron chi connectivity index (χ0n) is 16.4. The third-order valence-corrected chi connectivity index (χ3v) is 5.04. The Balaban J connectivity index is 1.95. The molecule has 0 saturated carbocycles. The van der Waals surface area contributed by atoms with Gasteiger partial charge >= 0.3 is 5.97 Å². The summed E-state index contributed by atoms with van der Waals surface area (Å²) in [6.07, 6.45) is 0.660. The number of esters is 1. The molecular formula is C22H21ClN2O4. The van der Waals surface area contributed by atoms with Crippen molar-refractivity contribution < 1.29 is 19.1 Å². The number of ether oxygens (including phenoxy) is 1. The molecule has 6 nitrogen and oxygen atoms in total. The van der Waals surface area contributed by atoms with Crippen LogP contribution in [0.15, 0.2) is 53.2 Å². The molecule has 3 rings (SSSR count). The van der Waals surface area contributed by atoms with Gasteiger partial charge in [0.2, 0.25) is 0 Å². The molecule has 0 unspecified atom stereocenters. The topological polar surface area (TPSA) is 75.7 Å². The molecule has 1 heterocycles. The molecule has 7 heteroatoms. The predicted molar refractivity (Wildman–Crippen MR) is 112 cm³/mol. The summed E-state index contributed by atoms with van der Waals surface area (Å²) in [6, 6.07) is 11.9. The third-order valence-electron chi connectivity index (χ3n) is 4.69. The molecule has 0 bridgehead atoms. The maximum Gasteiger partial charge on any atom is 0.340 e. The molecule has 150 valence electrons. The van der Waals surface area contributed by atoms with Gasteiger partial charge in [-0.05, 0) is 49.6 Å². The van der Waals surface area contributed by atoms with Crippen molar-refractivity contribution in [1.82, 2.24) is 0 Å². The predicted octanol–water partition coefficient (Wildman–Crippen LogP) is 4.31. The highest BCUT2D eigenvalue weighted by atomic mass is 35.5. The fraction of sp³-hybridized carbons (Fsp3) is 0.227. The largest absolute Gasteiger partial charge is 0.462 e. The first-order valence-corrected chi connectivity index (χ1v) is 9.62. The van der Waals surface area contributed by atoms with Gasteiger partial charge in [0.15, 0.2) is 0 Å². The lowest BCUT2D eigenvalue weighted by Crippen LogP contribution is -2.33. The van der Waals surface area contributed by atoms with Crippen LogP contribution in [-0.4, -0.2) is 24.4 Å². The number of carbonyl (C=O) groups is 3. The fourth-order valence-corrected chi connectivity index (χ4v) is 3.18. The van der Waals surface area contributed by atoms with Crippen molar-refractivity contribution in [3.05, 3.63) is 69.9 Å². The van der Waals surface area contributed by atoms with Crippen molar-refractivity contribution in [1.29, 1.82) is 0 Å². The molecule has 2 aromatic carbocycles. The number of anilines is 2. The van der Waals surface area contributed by atoms with E-state index in [4.69, 9.17) is 16.3 Å². The first-order valence-electron chi connectivity index (χ1n) is 9.24. The lowest BCUT2D eigenvalue weighted by atomic mass is 10.1. The molecule has 29 heavy (non-hydrogen) atoms. The Hall–Kier alpha value is -3.12. The standard InChI is InChI=1S/C22H21ClN2O4/c1-4-12-29-22(28)15-9-5-6-11-17(15)25-20(26)18(23)19(21(25)27)24-16-10-7-8-13(2)14(16)3/h5-11,24H,4,12H2,1-3H3. The Morgan fingerprint density at radius 3 is 2.52 bits per heavy atom. The second kappa shape index (κ2) is 8.49. The highest BCUT2D eigenvalue weighted by molar-refractivity contribution is 6.53. The van der Waals surface area contributed by atoms with E-state index >= 15 is 0 Å². The van der Waals surface area contributed by atoms with E-state index in [0.717, 1.165) is 16.0 Å². The Morgan fingerprint density at radius 1 is 1.07 bits per heavy atom. The van der Waals surface area contributed by atoms with Gasteiger partial charge in [0.1, 0.15) is 10.7 Å². The highest BCUT2D eigenvalue weighted by Crippen LogP contribution is 2.33. The minimum absolute atomic E-state index is 0.0258.